The van der Waals surface area contributed by atoms with Crippen molar-refractivity contribution in [1.82, 2.24) is 14.9 Å². The van der Waals surface area contributed by atoms with Crippen molar-refractivity contribution in [3.8, 4) is 5.75 Å². The summed E-state index contributed by atoms with van der Waals surface area (Å²) in [6.45, 7) is 6.04. The van der Waals surface area contributed by atoms with Gasteiger partial charge in [-0.2, -0.15) is 0 Å². The third kappa shape index (κ3) is 3.87. The van der Waals surface area contributed by atoms with Crippen molar-refractivity contribution < 1.29 is 9.53 Å². The number of benzene rings is 2. The van der Waals surface area contributed by atoms with Crippen LogP contribution in [0.4, 0.5) is 5.69 Å². The Bertz CT molecular complexity index is 1060. The maximum Gasteiger partial charge on any atom is 0.240 e. The van der Waals surface area contributed by atoms with E-state index in [0.29, 0.717) is 5.16 Å². The lowest BCUT2D eigenvalue weighted by atomic mass is 10.0. The van der Waals surface area contributed by atoms with Gasteiger partial charge in [-0.1, -0.05) is 43.0 Å². The molecule has 2 aromatic carbocycles. The molecule has 156 valence electrons. The van der Waals surface area contributed by atoms with E-state index in [1.165, 1.54) is 11.8 Å². The number of hydrogen-bond acceptors (Lipinski definition) is 6. The summed E-state index contributed by atoms with van der Waals surface area (Å²) in [5, 5.41) is 11.9. The molecule has 0 aliphatic carbocycles. The summed E-state index contributed by atoms with van der Waals surface area (Å²) in [5.41, 5.74) is 7.41. The fraction of sp³-hybridized carbons (Fsp3) is 0.318. The number of carbonyl (C=O) groups is 1. The predicted molar refractivity (Wildman–Crippen MR) is 119 cm³/mol. The standard InChI is InChI=1S/C22H25N5O2S/c1-5-18-24-25-22-27(18)26-19(15-8-10-16(29-4)11-9-15)20(30-22)21(28)23-17-12-13(2)6-7-14(17)3/h6-12,19-20,26H,5H2,1-4H3,(H,23,28). The van der Waals surface area contributed by atoms with Crippen LogP contribution in [0.25, 0.3) is 0 Å². The van der Waals surface area contributed by atoms with Crippen LogP contribution in [0, 0.1) is 13.8 Å². The zero-order valence-electron chi connectivity index (χ0n) is 17.5. The number of nitrogens with zero attached hydrogens (tertiary/aromatic N) is 3. The minimum Gasteiger partial charge on any atom is -0.497 e. The number of rotatable bonds is 5. The number of methoxy groups -OCH3 is 1. The maximum absolute atomic E-state index is 13.4. The van der Waals surface area contributed by atoms with Crippen molar-refractivity contribution in [2.24, 2.45) is 0 Å². The number of aromatic nitrogens is 3. The summed E-state index contributed by atoms with van der Waals surface area (Å²) in [6, 6.07) is 13.6. The quantitative estimate of drug-likeness (QED) is 0.649. The van der Waals surface area contributed by atoms with Crippen molar-refractivity contribution in [3.63, 3.8) is 0 Å². The minimum atomic E-state index is -0.417. The molecule has 2 unspecified atom stereocenters. The zero-order chi connectivity index (χ0) is 21.3. The van der Waals surface area contributed by atoms with Gasteiger partial charge in [-0.15, -0.1) is 10.2 Å². The number of carbonyl (C=O) groups excluding carboxylic acids is 1. The SMILES string of the molecule is CCc1nnc2n1NC(c1ccc(OC)cc1)C(C(=O)Nc1cc(C)ccc1C)S2. The smallest absolute Gasteiger partial charge is 0.240 e. The molecule has 0 radical (unpaired) electrons. The number of anilines is 1. The van der Waals surface area contributed by atoms with Gasteiger partial charge >= 0.3 is 0 Å². The number of fused-ring (bicyclic) bond motifs is 1. The Morgan fingerprint density at radius 3 is 2.67 bits per heavy atom. The van der Waals surface area contributed by atoms with Crippen molar-refractivity contribution in [2.45, 2.75) is 43.6 Å². The molecule has 1 amide bonds. The third-order valence-corrected chi connectivity index (χ3v) is 6.42. The van der Waals surface area contributed by atoms with Gasteiger partial charge in [0.1, 0.15) is 11.0 Å². The fourth-order valence-corrected chi connectivity index (χ4v) is 4.56. The fourth-order valence-electron chi connectivity index (χ4n) is 3.46. The van der Waals surface area contributed by atoms with Crippen molar-refractivity contribution in [1.29, 1.82) is 0 Å². The highest BCUT2D eigenvalue weighted by atomic mass is 32.2. The Morgan fingerprint density at radius 1 is 1.20 bits per heavy atom. The van der Waals surface area contributed by atoms with Gasteiger partial charge in [-0.3, -0.25) is 4.79 Å². The number of ether oxygens (including phenoxy) is 1. The van der Waals surface area contributed by atoms with E-state index in [0.717, 1.165) is 40.4 Å². The van der Waals surface area contributed by atoms with Crippen LogP contribution < -0.4 is 15.5 Å². The zero-order valence-corrected chi connectivity index (χ0v) is 18.3. The topological polar surface area (TPSA) is 81.1 Å². The van der Waals surface area contributed by atoms with Crippen LogP contribution >= 0.6 is 11.8 Å². The third-order valence-electron chi connectivity index (χ3n) is 5.20. The summed E-state index contributed by atoms with van der Waals surface area (Å²) < 4.78 is 7.17. The molecule has 0 spiro atoms. The highest BCUT2D eigenvalue weighted by Crippen LogP contribution is 2.38. The Morgan fingerprint density at radius 2 is 1.97 bits per heavy atom. The molecule has 7 nitrogen and oxygen atoms in total. The summed E-state index contributed by atoms with van der Waals surface area (Å²) in [5.74, 6) is 1.54. The first-order valence-corrected chi connectivity index (χ1v) is 10.8. The average Bonchev–Trinajstić information content (AvgIpc) is 3.17. The van der Waals surface area contributed by atoms with E-state index in [9.17, 15) is 4.79 Å². The lowest BCUT2D eigenvalue weighted by molar-refractivity contribution is -0.116. The Hall–Kier alpha value is -3.00. The lowest BCUT2D eigenvalue weighted by Gasteiger charge is -2.33. The number of amides is 1. The van der Waals surface area contributed by atoms with Crippen LogP contribution in [0.2, 0.25) is 0 Å². The average molecular weight is 424 g/mol. The number of thioether (sulfide) groups is 1. The highest BCUT2D eigenvalue weighted by Gasteiger charge is 2.37. The molecule has 0 saturated heterocycles. The van der Waals surface area contributed by atoms with Crippen molar-refractivity contribution >= 4 is 23.4 Å². The van der Waals surface area contributed by atoms with Gasteiger partial charge in [0.2, 0.25) is 11.1 Å². The molecule has 1 aliphatic heterocycles. The first kappa shape index (κ1) is 20.3. The van der Waals surface area contributed by atoms with Crippen LogP contribution in [0.1, 0.15) is 35.5 Å². The Kier molecular flexibility index (Phi) is 5.67. The highest BCUT2D eigenvalue weighted by molar-refractivity contribution is 8.00. The summed E-state index contributed by atoms with van der Waals surface area (Å²) in [6.07, 6.45) is 0.745. The van der Waals surface area contributed by atoms with Gasteiger partial charge in [0.05, 0.1) is 13.2 Å². The van der Waals surface area contributed by atoms with E-state index in [-0.39, 0.29) is 11.9 Å². The monoisotopic (exact) mass is 423 g/mol. The molecule has 30 heavy (non-hydrogen) atoms. The van der Waals surface area contributed by atoms with Crippen LogP contribution in [0.15, 0.2) is 47.6 Å². The van der Waals surface area contributed by atoms with Gasteiger partial charge in [-0.25, -0.2) is 4.68 Å². The predicted octanol–water partition coefficient (Wildman–Crippen LogP) is 3.86. The maximum atomic E-state index is 13.4. The molecule has 1 aromatic heterocycles. The normalized spacial score (nSPS) is 17.7. The second-order valence-electron chi connectivity index (χ2n) is 7.31. The first-order valence-electron chi connectivity index (χ1n) is 9.89. The molecule has 0 bridgehead atoms. The van der Waals surface area contributed by atoms with E-state index in [1.807, 2.05) is 67.9 Å². The minimum absolute atomic E-state index is 0.0747. The second kappa shape index (κ2) is 8.39. The largest absolute Gasteiger partial charge is 0.497 e. The van der Waals surface area contributed by atoms with Crippen LogP contribution in [0.5, 0.6) is 5.75 Å². The molecular formula is C22H25N5O2S. The van der Waals surface area contributed by atoms with Gasteiger partial charge in [0.25, 0.3) is 0 Å². The molecule has 2 heterocycles. The van der Waals surface area contributed by atoms with E-state index in [4.69, 9.17) is 4.74 Å². The van der Waals surface area contributed by atoms with E-state index >= 15 is 0 Å². The Labute approximate surface area is 180 Å². The first-order chi connectivity index (χ1) is 14.5. The number of hydrogen-bond donors (Lipinski definition) is 2. The van der Waals surface area contributed by atoms with Gasteiger partial charge < -0.3 is 15.5 Å². The molecule has 2 N–H and O–H groups in total. The van der Waals surface area contributed by atoms with E-state index in [1.54, 1.807) is 7.11 Å². The molecule has 0 saturated carbocycles. The van der Waals surface area contributed by atoms with Crippen LogP contribution in [0.3, 0.4) is 0 Å². The molecule has 0 fully saturated rings. The molecule has 8 heteroatoms. The molecule has 3 aromatic rings. The molecule has 4 rings (SSSR count). The second-order valence-corrected chi connectivity index (χ2v) is 8.42. The number of aryl methyl sites for hydroxylation is 3. The molecule has 1 aliphatic rings. The van der Waals surface area contributed by atoms with Crippen molar-refractivity contribution in [3.05, 3.63) is 65.0 Å². The van der Waals surface area contributed by atoms with Crippen LogP contribution in [-0.4, -0.2) is 33.1 Å². The number of nitrogens with one attached hydrogen (secondary N) is 2. The van der Waals surface area contributed by atoms with Gasteiger partial charge in [0.15, 0.2) is 5.82 Å². The summed E-state index contributed by atoms with van der Waals surface area (Å²) in [4.78, 5) is 13.4. The van der Waals surface area contributed by atoms with Crippen molar-refractivity contribution in [2.75, 3.05) is 17.9 Å². The van der Waals surface area contributed by atoms with Gasteiger partial charge in [0, 0.05) is 12.1 Å². The summed E-state index contributed by atoms with van der Waals surface area (Å²) >= 11 is 1.43. The molecular weight excluding hydrogens is 398 g/mol. The Balaban J connectivity index is 1.68. The van der Waals surface area contributed by atoms with Crippen LogP contribution in [-0.2, 0) is 11.2 Å². The van der Waals surface area contributed by atoms with E-state index in [2.05, 4.69) is 20.9 Å². The molecule has 2 atom stereocenters. The van der Waals surface area contributed by atoms with Gasteiger partial charge in [-0.05, 0) is 48.7 Å². The van der Waals surface area contributed by atoms with E-state index < -0.39 is 5.25 Å². The lowest BCUT2D eigenvalue weighted by Crippen LogP contribution is -2.41. The summed E-state index contributed by atoms with van der Waals surface area (Å²) in [7, 11) is 1.64.